The molecule has 3 aromatic rings. The molecule has 0 aliphatic rings. The van der Waals surface area contributed by atoms with Crippen LogP contribution in [-0.2, 0) is 0 Å². The number of benzene rings is 1. The first-order valence-corrected chi connectivity index (χ1v) is 7.75. The first kappa shape index (κ1) is 14.2. The van der Waals surface area contributed by atoms with E-state index in [0.717, 1.165) is 4.34 Å². The molecular formula is C12H8F3N3OS2. The lowest BCUT2D eigenvalue weighted by molar-refractivity contribution is -0.274. The third-order valence-corrected chi connectivity index (χ3v) is 4.46. The van der Waals surface area contributed by atoms with E-state index < -0.39 is 6.36 Å². The number of hydrogen-bond donors (Lipinski definition) is 0. The molecular weight excluding hydrogens is 323 g/mol. The number of thioether (sulfide) groups is 1. The number of halogens is 3. The number of nitrogens with zero attached hydrogens (tertiary/aromatic N) is 3. The summed E-state index contributed by atoms with van der Waals surface area (Å²) >= 11 is 2.93. The van der Waals surface area contributed by atoms with Crippen LogP contribution < -0.4 is 4.74 Å². The number of fused-ring (bicyclic) bond motifs is 1. The molecule has 9 heteroatoms. The normalized spacial score (nSPS) is 12.0. The van der Waals surface area contributed by atoms with Gasteiger partial charge in [-0.3, -0.25) is 0 Å². The lowest BCUT2D eigenvalue weighted by Crippen LogP contribution is -2.17. The zero-order valence-corrected chi connectivity index (χ0v) is 12.2. The second-order valence-electron chi connectivity index (χ2n) is 4.00. The van der Waals surface area contributed by atoms with E-state index in [9.17, 15) is 13.2 Å². The number of imidazole rings is 1. The quantitative estimate of drug-likeness (QED) is 0.678. The summed E-state index contributed by atoms with van der Waals surface area (Å²) in [6.45, 7) is 0. The van der Waals surface area contributed by atoms with E-state index >= 15 is 0 Å². The summed E-state index contributed by atoms with van der Waals surface area (Å²) in [5.41, 5.74) is 1.09. The Morgan fingerprint density at radius 3 is 2.81 bits per heavy atom. The van der Waals surface area contributed by atoms with Crippen molar-refractivity contribution < 1.29 is 17.9 Å². The number of aromatic nitrogens is 3. The van der Waals surface area contributed by atoms with Crippen LogP contribution in [0, 0.1) is 0 Å². The average Bonchev–Trinajstić information content (AvgIpc) is 2.94. The van der Waals surface area contributed by atoms with Gasteiger partial charge in [0.25, 0.3) is 0 Å². The zero-order valence-electron chi connectivity index (χ0n) is 10.6. The molecule has 0 saturated heterocycles. The molecule has 2 aromatic heterocycles. The fraction of sp³-hybridized carbons (Fsp3) is 0.167. The van der Waals surface area contributed by atoms with Crippen LogP contribution in [0.5, 0.6) is 5.75 Å². The van der Waals surface area contributed by atoms with Crippen LogP contribution in [0.2, 0.25) is 0 Å². The molecule has 0 saturated carbocycles. The van der Waals surface area contributed by atoms with Crippen LogP contribution in [0.25, 0.3) is 16.2 Å². The predicted molar refractivity (Wildman–Crippen MR) is 74.8 cm³/mol. The van der Waals surface area contributed by atoms with Gasteiger partial charge in [-0.2, -0.15) is 0 Å². The zero-order chi connectivity index (χ0) is 15.0. The van der Waals surface area contributed by atoms with Crippen molar-refractivity contribution in [2.75, 3.05) is 6.26 Å². The van der Waals surface area contributed by atoms with Crippen LogP contribution in [-0.4, -0.2) is 27.2 Å². The standard InChI is InChI=1S/C12H8F3N3OS2/c1-20-11-17-18-6-9(16-10(18)21-11)7-3-2-4-8(5-7)19-12(13,14)15/h2-6H,1H3. The Balaban J connectivity index is 1.94. The van der Waals surface area contributed by atoms with Crippen molar-refractivity contribution in [3.8, 4) is 17.0 Å². The van der Waals surface area contributed by atoms with Gasteiger partial charge in [-0.05, 0) is 18.4 Å². The molecule has 0 spiro atoms. The number of ether oxygens (including phenoxy) is 1. The van der Waals surface area contributed by atoms with Gasteiger partial charge in [-0.25, -0.2) is 9.50 Å². The summed E-state index contributed by atoms with van der Waals surface area (Å²) in [7, 11) is 0. The minimum Gasteiger partial charge on any atom is -0.406 e. The van der Waals surface area contributed by atoms with Crippen molar-refractivity contribution in [3.05, 3.63) is 30.5 Å². The van der Waals surface area contributed by atoms with Gasteiger partial charge in [0.15, 0.2) is 4.34 Å². The fourth-order valence-electron chi connectivity index (χ4n) is 1.76. The summed E-state index contributed by atoms with van der Waals surface area (Å²) in [5.74, 6) is -0.269. The molecule has 110 valence electrons. The smallest absolute Gasteiger partial charge is 0.406 e. The van der Waals surface area contributed by atoms with Crippen molar-refractivity contribution in [2.24, 2.45) is 0 Å². The minimum absolute atomic E-state index is 0.269. The van der Waals surface area contributed by atoms with Gasteiger partial charge in [-0.15, -0.1) is 18.3 Å². The fourth-order valence-corrected chi connectivity index (χ4v) is 3.10. The van der Waals surface area contributed by atoms with Crippen molar-refractivity contribution in [2.45, 2.75) is 10.7 Å². The number of rotatable bonds is 3. The largest absolute Gasteiger partial charge is 0.573 e. The topological polar surface area (TPSA) is 39.4 Å². The molecule has 0 N–H and O–H groups in total. The summed E-state index contributed by atoms with van der Waals surface area (Å²) < 4.78 is 43.1. The van der Waals surface area contributed by atoms with E-state index in [0.29, 0.717) is 16.2 Å². The molecule has 1 aromatic carbocycles. The Kier molecular flexibility index (Phi) is 3.54. The average molecular weight is 331 g/mol. The first-order chi connectivity index (χ1) is 9.94. The van der Waals surface area contributed by atoms with Crippen molar-refractivity contribution >= 4 is 28.1 Å². The van der Waals surface area contributed by atoms with Gasteiger partial charge in [0.1, 0.15) is 5.75 Å². The monoisotopic (exact) mass is 331 g/mol. The second kappa shape index (κ2) is 5.23. The van der Waals surface area contributed by atoms with Crippen LogP contribution in [0.1, 0.15) is 0 Å². The van der Waals surface area contributed by atoms with Crippen molar-refractivity contribution in [1.29, 1.82) is 0 Å². The number of hydrogen-bond acceptors (Lipinski definition) is 5. The van der Waals surface area contributed by atoms with Gasteiger partial charge in [0, 0.05) is 5.56 Å². The van der Waals surface area contributed by atoms with Crippen LogP contribution >= 0.6 is 23.1 Å². The molecule has 0 bridgehead atoms. The molecule has 0 unspecified atom stereocenters. The summed E-state index contributed by atoms with van der Waals surface area (Å²) in [5, 5.41) is 4.28. The lowest BCUT2D eigenvalue weighted by atomic mass is 10.1. The number of alkyl halides is 3. The Morgan fingerprint density at radius 1 is 1.33 bits per heavy atom. The Labute approximate surface area is 125 Å². The Bertz CT molecular complexity index is 750. The molecule has 3 rings (SSSR count). The first-order valence-electron chi connectivity index (χ1n) is 5.71. The summed E-state index contributed by atoms with van der Waals surface area (Å²) in [6, 6.07) is 5.71. The summed E-state index contributed by atoms with van der Waals surface area (Å²) in [6.07, 6.45) is -1.11. The third-order valence-electron chi connectivity index (χ3n) is 2.56. The molecule has 0 amide bonds. The van der Waals surface area contributed by atoms with Crippen LogP contribution in [0.15, 0.2) is 34.8 Å². The van der Waals surface area contributed by atoms with E-state index in [-0.39, 0.29) is 5.75 Å². The maximum atomic E-state index is 12.2. The molecule has 0 aliphatic carbocycles. The van der Waals surface area contributed by atoms with E-state index in [1.54, 1.807) is 16.8 Å². The molecule has 21 heavy (non-hydrogen) atoms. The second-order valence-corrected chi connectivity index (χ2v) is 6.01. The highest BCUT2D eigenvalue weighted by molar-refractivity contribution is 8.00. The van der Waals surface area contributed by atoms with E-state index in [4.69, 9.17) is 0 Å². The highest BCUT2D eigenvalue weighted by Crippen LogP contribution is 2.29. The molecule has 0 fully saturated rings. The Hall–Kier alpha value is -1.74. The SMILES string of the molecule is CSc1nn2cc(-c3cccc(OC(F)(F)F)c3)nc2s1. The van der Waals surface area contributed by atoms with Gasteiger partial charge < -0.3 is 4.74 Å². The van der Waals surface area contributed by atoms with Crippen LogP contribution in [0.4, 0.5) is 13.2 Å². The highest BCUT2D eigenvalue weighted by atomic mass is 32.2. The minimum atomic E-state index is -4.71. The predicted octanol–water partition coefficient (Wildman–Crippen LogP) is 4.08. The highest BCUT2D eigenvalue weighted by Gasteiger charge is 2.31. The molecule has 2 heterocycles. The van der Waals surface area contributed by atoms with Crippen LogP contribution in [0.3, 0.4) is 0 Å². The summed E-state index contributed by atoms with van der Waals surface area (Å²) in [4.78, 5) is 5.05. The van der Waals surface area contributed by atoms with Crippen molar-refractivity contribution in [1.82, 2.24) is 14.6 Å². The maximum absolute atomic E-state index is 12.2. The molecule has 0 aliphatic heterocycles. The molecule has 4 nitrogen and oxygen atoms in total. The van der Waals surface area contributed by atoms with E-state index in [2.05, 4.69) is 14.8 Å². The van der Waals surface area contributed by atoms with E-state index in [1.165, 1.54) is 41.3 Å². The Morgan fingerprint density at radius 2 is 2.14 bits per heavy atom. The maximum Gasteiger partial charge on any atom is 0.573 e. The third kappa shape index (κ3) is 3.13. The van der Waals surface area contributed by atoms with Gasteiger partial charge in [-0.1, -0.05) is 35.2 Å². The van der Waals surface area contributed by atoms with Gasteiger partial charge in [0.2, 0.25) is 4.96 Å². The molecule has 0 radical (unpaired) electrons. The molecule has 0 atom stereocenters. The van der Waals surface area contributed by atoms with Gasteiger partial charge in [0.05, 0.1) is 11.9 Å². The van der Waals surface area contributed by atoms with Crippen molar-refractivity contribution in [3.63, 3.8) is 0 Å². The van der Waals surface area contributed by atoms with Gasteiger partial charge >= 0.3 is 6.36 Å². The lowest BCUT2D eigenvalue weighted by Gasteiger charge is -2.09. The van der Waals surface area contributed by atoms with E-state index in [1.807, 2.05) is 6.26 Å².